The van der Waals surface area contributed by atoms with E-state index in [1.807, 2.05) is 49.4 Å². The molecule has 0 aliphatic rings. The summed E-state index contributed by atoms with van der Waals surface area (Å²) in [5, 5.41) is 0.935. The molecule has 3 rings (SSSR count). The molecule has 18 heavy (non-hydrogen) atoms. The summed E-state index contributed by atoms with van der Waals surface area (Å²) < 4.78 is 2.11. The van der Waals surface area contributed by atoms with E-state index in [1.165, 1.54) is 0 Å². The van der Waals surface area contributed by atoms with Crippen molar-refractivity contribution in [2.75, 3.05) is 0 Å². The lowest BCUT2D eigenvalue weighted by Crippen LogP contribution is -2.01. The molecule has 1 N–H and O–H groups in total. The fourth-order valence-corrected chi connectivity index (χ4v) is 2.57. The lowest BCUT2D eigenvalue weighted by Gasteiger charge is -2.08. The van der Waals surface area contributed by atoms with Crippen molar-refractivity contribution in [1.82, 2.24) is 9.55 Å². The highest BCUT2D eigenvalue weighted by Gasteiger charge is 2.08. The molecule has 1 aromatic heterocycles. The SMILES string of the molecule is Cc1nc2ccccc2n1-c1cccc(PO)c1. The minimum Gasteiger partial charge on any atom is -0.372 e. The van der Waals surface area contributed by atoms with E-state index in [9.17, 15) is 4.89 Å². The molecular formula is C14H13N2OP. The van der Waals surface area contributed by atoms with Crippen LogP contribution in [0.2, 0.25) is 0 Å². The minimum absolute atomic E-state index is 0.179. The summed E-state index contributed by atoms with van der Waals surface area (Å²) in [7, 11) is -0.179. The molecule has 0 bridgehead atoms. The van der Waals surface area contributed by atoms with Crippen LogP contribution in [-0.2, 0) is 0 Å². The first kappa shape index (κ1) is 11.4. The van der Waals surface area contributed by atoms with Crippen molar-refractivity contribution in [3.8, 4) is 5.69 Å². The van der Waals surface area contributed by atoms with E-state index in [2.05, 4.69) is 15.6 Å². The second-order valence-corrected chi connectivity index (χ2v) is 4.95. The molecule has 90 valence electrons. The van der Waals surface area contributed by atoms with E-state index in [-0.39, 0.29) is 8.81 Å². The van der Waals surface area contributed by atoms with Gasteiger partial charge in [0, 0.05) is 19.8 Å². The van der Waals surface area contributed by atoms with Gasteiger partial charge in [0.1, 0.15) is 5.82 Å². The molecule has 0 spiro atoms. The average Bonchev–Trinajstić information content (AvgIpc) is 2.74. The molecular weight excluding hydrogens is 243 g/mol. The Morgan fingerprint density at radius 1 is 1.11 bits per heavy atom. The minimum atomic E-state index is -0.179. The highest BCUT2D eigenvalue weighted by atomic mass is 31.1. The molecule has 0 saturated carbocycles. The summed E-state index contributed by atoms with van der Waals surface area (Å²) >= 11 is 0. The quantitative estimate of drug-likeness (QED) is 0.715. The number of nitrogens with zero attached hydrogens (tertiary/aromatic N) is 2. The number of rotatable bonds is 2. The third-order valence-corrected chi connectivity index (χ3v) is 3.53. The van der Waals surface area contributed by atoms with Crippen LogP contribution in [0.25, 0.3) is 16.7 Å². The Morgan fingerprint density at radius 3 is 2.78 bits per heavy atom. The van der Waals surface area contributed by atoms with Gasteiger partial charge in [0.2, 0.25) is 0 Å². The summed E-state index contributed by atoms with van der Waals surface area (Å²) in [5.41, 5.74) is 3.13. The van der Waals surface area contributed by atoms with Crippen molar-refractivity contribution in [2.24, 2.45) is 0 Å². The van der Waals surface area contributed by atoms with Crippen molar-refractivity contribution in [3.63, 3.8) is 0 Å². The zero-order valence-corrected chi connectivity index (χ0v) is 11.0. The van der Waals surface area contributed by atoms with Gasteiger partial charge in [-0.2, -0.15) is 0 Å². The second kappa shape index (κ2) is 4.52. The molecule has 0 aliphatic carbocycles. The molecule has 1 heterocycles. The Kier molecular flexibility index (Phi) is 2.86. The number of hydrogen-bond donors (Lipinski definition) is 1. The molecule has 1 unspecified atom stereocenters. The van der Waals surface area contributed by atoms with Gasteiger partial charge >= 0.3 is 0 Å². The third-order valence-electron chi connectivity index (χ3n) is 2.96. The lowest BCUT2D eigenvalue weighted by atomic mass is 10.3. The highest BCUT2D eigenvalue weighted by Crippen LogP contribution is 2.21. The molecule has 2 aromatic carbocycles. The number of aromatic nitrogens is 2. The number of hydrogen-bond acceptors (Lipinski definition) is 2. The van der Waals surface area contributed by atoms with Gasteiger partial charge in [-0.15, -0.1) is 0 Å². The van der Waals surface area contributed by atoms with Crippen LogP contribution in [0.3, 0.4) is 0 Å². The van der Waals surface area contributed by atoms with Gasteiger partial charge in [-0.25, -0.2) is 4.98 Å². The van der Waals surface area contributed by atoms with Crippen LogP contribution >= 0.6 is 8.81 Å². The van der Waals surface area contributed by atoms with Crippen molar-refractivity contribution in [1.29, 1.82) is 0 Å². The van der Waals surface area contributed by atoms with E-state index in [1.54, 1.807) is 0 Å². The zero-order valence-electron chi connectivity index (χ0n) is 9.96. The Hall–Kier alpha value is -1.70. The molecule has 4 heteroatoms. The number of aryl methyl sites for hydroxylation is 1. The van der Waals surface area contributed by atoms with Gasteiger partial charge in [0.05, 0.1) is 11.0 Å². The molecule has 0 amide bonds. The van der Waals surface area contributed by atoms with Gasteiger partial charge in [0.15, 0.2) is 0 Å². The molecule has 0 aliphatic heterocycles. The Morgan fingerprint density at radius 2 is 1.94 bits per heavy atom. The maximum Gasteiger partial charge on any atom is 0.111 e. The highest BCUT2D eigenvalue weighted by molar-refractivity contribution is 7.40. The van der Waals surface area contributed by atoms with Gasteiger partial charge < -0.3 is 4.89 Å². The summed E-state index contributed by atoms with van der Waals surface area (Å²) in [6.07, 6.45) is 0. The predicted octanol–water partition coefficient (Wildman–Crippen LogP) is 2.55. The molecule has 3 nitrogen and oxygen atoms in total. The van der Waals surface area contributed by atoms with Crippen LogP contribution in [0.4, 0.5) is 0 Å². The van der Waals surface area contributed by atoms with E-state index in [0.29, 0.717) is 0 Å². The Bertz CT molecular complexity index is 706. The van der Waals surface area contributed by atoms with E-state index in [4.69, 9.17) is 0 Å². The van der Waals surface area contributed by atoms with Gasteiger partial charge in [-0.3, -0.25) is 4.57 Å². The van der Waals surface area contributed by atoms with E-state index in [0.717, 1.165) is 27.8 Å². The van der Waals surface area contributed by atoms with Gasteiger partial charge in [0.25, 0.3) is 0 Å². The summed E-state index contributed by atoms with van der Waals surface area (Å²) in [6.45, 7) is 1.99. The first-order valence-electron chi connectivity index (χ1n) is 5.74. The van der Waals surface area contributed by atoms with Crippen LogP contribution in [0.15, 0.2) is 48.5 Å². The van der Waals surface area contributed by atoms with E-state index >= 15 is 0 Å². The molecule has 0 radical (unpaired) electrons. The van der Waals surface area contributed by atoms with Crippen LogP contribution in [0, 0.1) is 6.92 Å². The van der Waals surface area contributed by atoms with Crippen molar-refractivity contribution in [3.05, 3.63) is 54.4 Å². The Labute approximate surface area is 107 Å². The number of para-hydroxylation sites is 2. The Balaban J connectivity index is 2.27. The average molecular weight is 256 g/mol. The lowest BCUT2D eigenvalue weighted by molar-refractivity contribution is 0.655. The maximum absolute atomic E-state index is 9.25. The van der Waals surface area contributed by atoms with Crippen LogP contribution in [-0.4, -0.2) is 14.4 Å². The fraction of sp³-hybridized carbons (Fsp3) is 0.0714. The van der Waals surface area contributed by atoms with Crippen LogP contribution in [0.5, 0.6) is 0 Å². The number of imidazole rings is 1. The second-order valence-electron chi connectivity index (χ2n) is 4.15. The molecule has 0 fully saturated rings. The largest absolute Gasteiger partial charge is 0.372 e. The zero-order chi connectivity index (χ0) is 12.5. The predicted molar refractivity (Wildman–Crippen MR) is 76.0 cm³/mol. The number of fused-ring (bicyclic) bond motifs is 1. The van der Waals surface area contributed by atoms with E-state index < -0.39 is 0 Å². The fourth-order valence-electron chi connectivity index (χ4n) is 2.19. The van der Waals surface area contributed by atoms with Crippen molar-refractivity contribution >= 4 is 25.1 Å². The summed E-state index contributed by atoms with van der Waals surface area (Å²) in [4.78, 5) is 13.8. The summed E-state index contributed by atoms with van der Waals surface area (Å²) in [6, 6.07) is 16.0. The number of benzene rings is 2. The smallest absolute Gasteiger partial charge is 0.111 e. The molecule has 0 saturated heterocycles. The van der Waals surface area contributed by atoms with Crippen molar-refractivity contribution in [2.45, 2.75) is 6.92 Å². The first-order chi connectivity index (χ1) is 8.79. The molecule has 1 atom stereocenters. The van der Waals surface area contributed by atoms with Gasteiger partial charge in [-0.1, -0.05) is 24.3 Å². The van der Waals surface area contributed by atoms with Crippen LogP contribution < -0.4 is 5.30 Å². The third kappa shape index (κ3) is 1.82. The maximum atomic E-state index is 9.25. The topological polar surface area (TPSA) is 38.0 Å². The first-order valence-corrected chi connectivity index (χ1v) is 6.69. The van der Waals surface area contributed by atoms with Gasteiger partial charge in [-0.05, 0) is 31.2 Å². The molecule has 3 aromatic rings. The normalized spacial score (nSPS) is 11.7. The summed E-state index contributed by atoms with van der Waals surface area (Å²) in [5.74, 6) is 0.953. The van der Waals surface area contributed by atoms with Crippen LogP contribution in [0.1, 0.15) is 5.82 Å². The monoisotopic (exact) mass is 256 g/mol. The van der Waals surface area contributed by atoms with Crippen molar-refractivity contribution < 1.29 is 4.89 Å². The standard InChI is InChI=1S/C14H13N2OP/c1-10-15-13-7-2-3-8-14(13)16(10)11-5-4-6-12(9-11)18-17/h2-9,17-18H,1H3.